The summed E-state index contributed by atoms with van der Waals surface area (Å²) in [5.41, 5.74) is 1.60. The van der Waals surface area contributed by atoms with E-state index in [4.69, 9.17) is 10.2 Å². The first-order chi connectivity index (χ1) is 9.99. The molecule has 1 amide bonds. The van der Waals surface area contributed by atoms with Crippen molar-refractivity contribution < 1.29 is 19.8 Å². The second kappa shape index (κ2) is 6.51. The molecule has 6 heteroatoms. The number of carbonyl (C=O) groups is 2. The van der Waals surface area contributed by atoms with Gasteiger partial charge in [-0.05, 0) is 35.9 Å². The molecule has 2 rings (SSSR count). The van der Waals surface area contributed by atoms with Gasteiger partial charge in [0.25, 0.3) is 5.91 Å². The number of hydrogen-bond donors (Lipinski definition) is 3. The zero-order chi connectivity index (χ0) is 15.4. The quantitative estimate of drug-likeness (QED) is 0.791. The molecule has 3 N–H and O–H groups in total. The maximum Gasteiger partial charge on any atom is 0.335 e. The third kappa shape index (κ3) is 3.90. The van der Waals surface area contributed by atoms with Crippen LogP contribution in [0.25, 0.3) is 0 Å². The summed E-state index contributed by atoms with van der Waals surface area (Å²) >= 11 is 3.20. The Labute approximate surface area is 129 Å². The Morgan fingerprint density at radius 3 is 2.29 bits per heavy atom. The van der Waals surface area contributed by atoms with Crippen LogP contribution in [0.15, 0.2) is 46.9 Å². The Morgan fingerprint density at radius 1 is 1.05 bits per heavy atom. The number of benzene rings is 2. The minimum Gasteiger partial charge on any atom is -0.478 e. The highest BCUT2D eigenvalue weighted by molar-refractivity contribution is 9.10. The van der Waals surface area contributed by atoms with Crippen molar-refractivity contribution in [1.29, 1.82) is 0 Å². The minimum absolute atomic E-state index is 0.0790. The predicted octanol–water partition coefficient (Wildman–Crippen LogP) is 2.89. The Hall–Kier alpha value is -2.18. The van der Waals surface area contributed by atoms with Crippen molar-refractivity contribution in [2.75, 3.05) is 5.32 Å². The Morgan fingerprint density at radius 2 is 1.71 bits per heavy atom. The average Bonchev–Trinajstić information content (AvgIpc) is 2.46. The fourth-order valence-electron chi connectivity index (χ4n) is 1.75. The number of halogens is 1. The smallest absolute Gasteiger partial charge is 0.335 e. The van der Waals surface area contributed by atoms with Gasteiger partial charge < -0.3 is 15.5 Å². The molecule has 108 valence electrons. The molecule has 0 saturated carbocycles. The summed E-state index contributed by atoms with van der Waals surface area (Å²) in [6.45, 7) is -0.0878. The van der Waals surface area contributed by atoms with E-state index in [1.165, 1.54) is 12.1 Å². The van der Waals surface area contributed by atoms with Gasteiger partial charge in [-0.1, -0.05) is 28.1 Å². The van der Waals surface area contributed by atoms with Gasteiger partial charge in [0.15, 0.2) is 0 Å². The molecule has 0 spiro atoms. The van der Waals surface area contributed by atoms with E-state index in [-0.39, 0.29) is 18.1 Å². The summed E-state index contributed by atoms with van der Waals surface area (Å²) < 4.78 is 0.563. The lowest BCUT2D eigenvalue weighted by Gasteiger charge is -2.07. The zero-order valence-corrected chi connectivity index (χ0v) is 12.4. The first-order valence-electron chi connectivity index (χ1n) is 6.04. The maximum atomic E-state index is 12.1. The summed E-state index contributed by atoms with van der Waals surface area (Å²) in [6.07, 6.45) is 0. The van der Waals surface area contributed by atoms with E-state index in [2.05, 4.69) is 21.2 Å². The first kappa shape index (κ1) is 15.2. The fraction of sp³-hybridized carbons (Fsp3) is 0.0667. The number of rotatable bonds is 4. The van der Waals surface area contributed by atoms with E-state index in [1.807, 2.05) is 0 Å². The van der Waals surface area contributed by atoms with Gasteiger partial charge in [-0.15, -0.1) is 0 Å². The van der Waals surface area contributed by atoms with Crippen molar-refractivity contribution in [3.05, 3.63) is 63.6 Å². The average molecular weight is 350 g/mol. The normalized spacial score (nSPS) is 10.2. The van der Waals surface area contributed by atoms with Crippen LogP contribution in [0.4, 0.5) is 5.69 Å². The van der Waals surface area contributed by atoms with E-state index in [0.717, 1.165) is 0 Å². The molecule has 21 heavy (non-hydrogen) atoms. The van der Waals surface area contributed by atoms with Crippen LogP contribution < -0.4 is 5.32 Å². The van der Waals surface area contributed by atoms with Gasteiger partial charge in [0.2, 0.25) is 0 Å². The number of amides is 1. The SMILES string of the molecule is O=C(O)c1cc(Br)cc(NC(=O)c2ccc(CO)cc2)c1. The van der Waals surface area contributed by atoms with Gasteiger partial charge in [-0.25, -0.2) is 4.79 Å². The topological polar surface area (TPSA) is 86.6 Å². The number of aromatic carboxylic acids is 1. The van der Waals surface area contributed by atoms with Crippen molar-refractivity contribution in [1.82, 2.24) is 0 Å². The highest BCUT2D eigenvalue weighted by Gasteiger charge is 2.10. The highest BCUT2D eigenvalue weighted by atomic mass is 79.9. The lowest BCUT2D eigenvalue weighted by molar-refractivity contribution is 0.0696. The molecule has 0 unspecified atom stereocenters. The molecule has 0 fully saturated rings. The van der Waals surface area contributed by atoms with E-state index >= 15 is 0 Å². The number of carboxylic acids is 1. The van der Waals surface area contributed by atoms with Crippen molar-refractivity contribution in [3.63, 3.8) is 0 Å². The van der Waals surface area contributed by atoms with Crippen LogP contribution in [-0.4, -0.2) is 22.1 Å². The van der Waals surface area contributed by atoms with Gasteiger partial charge in [-0.2, -0.15) is 0 Å². The van der Waals surface area contributed by atoms with E-state index in [9.17, 15) is 9.59 Å². The molecule has 0 aliphatic rings. The fourth-order valence-corrected chi connectivity index (χ4v) is 2.24. The zero-order valence-electron chi connectivity index (χ0n) is 10.8. The maximum absolute atomic E-state index is 12.1. The first-order valence-corrected chi connectivity index (χ1v) is 6.84. The van der Waals surface area contributed by atoms with Gasteiger partial charge in [-0.3, -0.25) is 4.79 Å². The summed E-state index contributed by atoms with van der Waals surface area (Å²) in [7, 11) is 0. The number of aliphatic hydroxyl groups is 1. The molecule has 0 saturated heterocycles. The van der Waals surface area contributed by atoms with Crippen LogP contribution in [0.3, 0.4) is 0 Å². The molecule has 0 radical (unpaired) electrons. The van der Waals surface area contributed by atoms with Crippen molar-refractivity contribution in [2.45, 2.75) is 6.61 Å². The molecule has 0 atom stereocenters. The molecule has 0 bridgehead atoms. The molecule has 2 aromatic carbocycles. The number of carboxylic acid groups (broad SMARTS) is 1. The molecule has 2 aromatic rings. The van der Waals surface area contributed by atoms with E-state index < -0.39 is 5.97 Å². The van der Waals surface area contributed by atoms with Gasteiger partial charge >= 0.3 is 5.97 Å². The minimum atomic E-state index is -1.07. The van der Waals surface area contributed by atoms with Crippen LogP contribution in [-0.2, 0) is 6.61 Å². The van der Waals surface area contributed by atoms with Crippen LogP contribution in [0, 0.1) is 0 Å². The summed E-state index contributed by atoms with van der Waals surface area (Å²) in [4.78, 5) is 23.0. The Balaban J connectivity index is 2.20. The lowest BCUT2D eigenvalue weighted by atomic mass is 10.1. The van der Waals surface area contributed by atoms with Crippen LogP contribution in [0.1, 0.15) is 26.3 Å². The monoisotopic (exact) mass is 349 g/mol. The molecule has 0 heterocycles. The van der Waals surface area contributed by atoms with Gasteiger partial charge in [0.05, 0.1) is 12.2 Å². The number of nitrogens with one attached hydrogen (secondary N) is 1. The Bertz CT molecular complexity index is 683. The largest absolute Gasteiger partial charge is 0.478 e. The lowest BCUT2D eigenvalue weighted by Crippen LogP contribution is -2.12. The van der Waals surface area contributed by atoms with E-state index in [1.54, 1.807) is 30.3 Å². The second-order valence-electron chi connectivity index (χ2n) is 4.34. The number of aliphatic hydroxyl groups excluding tert-OH is 1. The second-order valence-corrected chi connectivity index (χ2v) is 5.26. The third-order valence-corrected chi connectivity index (χ3v) is 3.26. The molecular formula is C15H12BrNO4. The number of carbonyl (C=O) groups excluding carboxylic acids is 1. The van der Waals surface area contributed by atoms with Gasteiger partial charge in [0.1, 0.15) is 0 Å². The van der Waals surface area contributed by atoms with Crippen molar-refractivity contribution >= 4 is 33.5 Å². The third-order valence-electron chi connectivity index (χ3n) is 2.80. The summed E-state index contributed by atoms with van der Waals surface area (Å²) in [5, 5.41) is 20.6. The molecule has 0 aromatic heterocycles. The summed E-state index contributed by atoms with van der Waals surface area (Å²) in [5.74, 6) is -1.42. The van der Waals surface area contributed by atoms with Crippen LogP contribution in [0.5, 0.6) is 0 Å². The standard InChI is InChI=1S/C15H12BrNO4/c16-12-5-11(15(20)21)6-13(7-12)17-14(19)10-3-1-9(8-18)2-4-10/h1-7,18H,8H2,(H,17,19)(H,20,21). The highest BCUT2D eigenvalue weighted by Crippen LogP contribution is 2.20. The van der Waals surface area contributed by atoms with Crippen molar-refractivity contribution in [2.24, 2.45) is 0 Å². The molecule has 5 nitrogen and oxygen atoms in total. The molecule has 0 aliphatic carbocycles. The van der Waals surface area contributed by atoms with Crippen LogP contribution >= 0.6 is 15.9 Å². The number of anilines is 1. The Kier molecular flexibility index (Phi) is 4.72. The van der Waals surface area contributed by atoms with Crippen LogP contribution in [0.2, 0.25) is 0 Å². The van der Waals surface area contributed by atoms with E-state index in [0.29, 0.717) is 21.3 Å². The molecule has 0 aliphatic heterocycles. The number of hydrogen-bond acceptors (Lipinski definition) is 3. The summed E-state index contributed by atoms with van der Waals surface area (Å²) in [6, 6.07) is 10.9. The predicted molar refractivity (Wildman–Crippen MR) is 81.4 cm³/mol. The molecular weight excluding hydrogens is 338 g/mol. The van der Waals surface area contributed by atoms with Gasteiger partial charge in [0, 0.05) is 15.7 Å². The van der Waals surface area contributed by atoms with Crippen molar-refractivity contribution in [3.8, 4) is 0 Å².